The molecule has 0 fully saturated rings. The summed E-state index contributed by atoms with van der Waals surface area (Å²) in [6.07, 6.45) is 0.589. The Morgan fingerprint density at radius 2 is 1.73 bits per heavy atom. The zero-order valence-corrected chi connectivity index (χ0v) is 15.9. The lowest BCUT2D eigenvalue weighted by Gasteiger charge is -2.14. The van der Waals surface area contributed by atoms with Crippen LogP contribution in [0.5, 0.6) is 0 Å². The Bertz CT molecular complexity index is 1120. The van der Waals surface area contributed by atoms with Crippen molar-refractivity contribution in [2.45, 2.75) is 5.92 Å². The van der Waals surface area contributed by atoms with Crippen molar-refractivity contribution in [3.8, 4) is 23.0 Å². The molecule has 30 heavy (non-hydrogen) atoms. The van der Waals surface area contributed by atoms with Gasteiger partial charge in [0.2, 0.25) is 0 Å². The predicted molar refractivity (Wildman–Crippen MR) is 111 cm³/mol. The summed E-state index contributed by atoms with van der Waals surface area (Å²) < 4.78 is 5.43. The van der Waals surface area contributed by atoms with Gasteiger partial charge in [0.1, 0.15) is 18.5 Å². The Morgan fingerprint density at radius 1 is 1.07 bits per heavy atom. The fourth-order valence-electron chi connectivity index (χ4n) is 3.47. The van der Waals surface area contributed by atoms with Gasteiger partial charge in [-0.2, -0.15) is 0 Å². The summed E-state index contributed by atoms with van der Waals surface area (Å²) in [5.74, 6) is 5.48. The quantitative estimate of drug-likeness (QED) is 0.408. The molecule has 7 nitrogen and oxygen atoms in total. The van der Waals surface area contributed by atoms with E-state index >= 15 is 0 Å². The number of rotatable bonds is 4. The van der Waals surface area contributed by atoms with E-state index in [-0.39, 0.29) is 24.8 Å². The molecule has 0 saturated carbocycles. The van der Waals surface area contributed by atoms with E-state index in [2.05, 4.69) is 46.4 Å². The van der Waals surface area contributed by atoms with E-state index in [0.717, 1.165) is 17.3 Å². The van der Waals surface area contributed by atoms with E-state index in [1.165, 1.54) is 23.3 Å². The molecule has 0 unspecified atom stereocenters. The highest BCUT2D eigenvalue weighted by Gasteiger charge is 2.28. The number of nitro groups is 1. The van der Waals surface area contributed by atoms with Crippen LogP contribution in [0.1, 0.15) is 22.7 Å². The van der Waals surface area contributed by atoms with Crippen molar-refractivity contribution >= 4 is 11.8 Å². The molecular weight excluding hydrogens is 382 g/mol. The molecule has 3 aromatic rings. The molecule has 4 rings (SSSR count). The van der Waals surface area contributed by atoms with Gasteiger partial charge in [0.05, 0.1) is 11.5 Å². The molecule has 1 N–H and O–H groups in total. The van der Waals surface area contributed by atoms with E-state index in [4.69, 9.17) is 4.74 Å². The van der Waals surface area contributed by atoms with E-state index in [9.17, 15) is 14.9 Å². The third kappa shape index (κ3) is 3.98. The average molecular weight is 399 g/mol. The van der Waals surface area contributed by atoms with Gasteiger partial charge in [0.25, 0.3) is 5.69 Å². The van der Waals surface area contributed by atoms with Gasteiger partial charge >= 0.3 is 6.09 Å². The number of nitrogens with zero attached hydrogens (tertiary/aromatic N) is 2. The molecule has 1 heterocycles. The molecule has 148 valence electrons. The number of carbonyl (C=O) groups is 1. The largest absolute Gasteiger partial charge is 0.449 e. The lowest BCUT2D eigenvalue weighted by atomic mass is 9.98. The van der Waals surface area contributed by atoms with Crippen LogP contribution < -0.4 is 5.32 Å². The molecule has 1 aliphatic carbocycles. The molecule has 7 heteroatoms. The molecule has 0 spiro atoms. The fourth-order valence-corrected chi connectivity index (χ4v) is 3.47. The monoisotopic (exact) mass is 399 g/mol. The second-order valence-corrected chi connectivity index (χ2v) is 6.64. The van der Waals surface area contributed by atoms with Crippen molar-refractivity contribution in [3.05, 3.63) is 93.8 Å². The number of aromatic nitrogens is 1. The highest BCUT2D eigenvalue weighted by Crippen LogP contribution is 2.44. The van der Waals surface area contributed by atoms with Crippen LogP contribution in [0.25, 0.3) is 11.1 Å². The minimum Gasteiger partial charge on any atom is -0.449 e. The molecule has 0 saturated heterocycles. The van der Waals surface area contributed by atoms with Gasteiger partial charge in [0, 0.05) is 12.0 Å². The predicted octanol–water partition coefficient (Wildman–Crippen LogP) is 3.88. The van der Waals surface area contributed by atoms with Crippen LogP contribution in [-0.2, 0) is 4.74 Å². The summed E-state index contributed by atoms with van der Waals surface area (Å²) >= 11 is 0. The highest BCUT2D eigenvalue weighted by molar-refractivity contribution is 5.79. The van der Waals surface area contributed by atoms with Crippen LogP contribution in [0.2, 0.25) is 0 Å². The lowest BCUT2D eigenvalue weighted by Crippen LogP contribution is -2.26. The second-order valence-electron chi connectivity index (χ2n) is 6.64. The van der Waals surface area contributed by atoms with E-state index in [1.54, 1.807) is 0 Å². The van der Waals surface area contributed by atoms with Crippen molar-refractivity contribution in [2.24, 2.45) is 0 Å². The SMILES string of the molecule is O=C(NCC#Cc1ccc([N+](=O)[O-])cn1)OCC1c2ccccc2-c2ccccc21. The number of ether oxygens (including phenoxy) is 1. The van der Waals surface area contributed by atoms with Gasteiger partial charge in [-0.1, -0.05) is 54.5 Å². The maximum atomic E-state index is 12.1. The number of fused-ring (bicyclic) bond motifs is 3. The first-order valence-electron chi connectivity index (χ1n) is 9.31. The van der Waals surface area contributed by atoms with Gasteiger partial charge < -0.3 is 10.1 Å². The number of hydrogen-bond donors (Lipinski definition) is 1. The summed E-state index contributed by atoms with van der Waals surface area (Å²) in [5.41, 5.74) is 4.92. The van der Waals surface area contributed by atoms with Gasteiger partial charge in [-0.3, -0.25) is 10.1 Å². The molecular formula is C23H17N3O4. The van der Waals surface area contributed by atoms with E-state index in [0.29, 0.717) is 5.69 Å². The maximum absolute atomic E-state index is 12.1. The summed E-state index contributed by atoms with van der Waals surface area (Å²) in [7, 11) is 0. The highest BCUT2D eigenvalue weighted by atomic mass is 16.6. The van der Waals surface area contributed by atoms with Crippen LogP contribution >= 0.6 is 0 Å². The Hall–Kier alpha value is -4.18. The molecule has 1 amide bonds. The summed E-state index contributed by atoms with van der Waals surface area (Å²) in [6.45, 7) is 0.312. The van der Waals surface area contributed by atoms with Crippen LogP contribution in [0.15, 0.2) is 66.9 Å². The third-order valence-electron chi connectivity index (χ3n) is 4.84. The normalized spacial score (nSPS) is 11.6. The summed E-state index contributed by atoms with van der Waals surface area (Å²) in [5, 5.41) is 13.2. The Balaban J connectivity index is 1.32. The van der Waals surface area contributed by atoms with Gasteiger partial charge in [-0.15, -0.1) is 0 Å². The van der Waals surface area contributed by atoms with Gasteiger partial charge in [-0.05, 0) is 34.2 Å². The second kappa shape index (κ2) is 8.45. The summed E-state index contributed by atoms with van der Waals surface area (Å²) in [4.78, 5) is 26.0. The van der Waals surface area contributed by atoms with Crippen molar-refractivity contribution < 1.29 is 14.5 Å². The molecule has 0 radical (unpaired) electrons. The number of nitrogens with one attached hydrogen (secondary N) is 1. The number of carbonyl (C=O) groups excluding carboxylic acids is 1. The van der Waals surface area contributed by atoms with Crippen molar-refractivity contribution in [1.29, 1.82) is 0 Å². The fraction of sp³-hybridized carbons (Fsp3) is 0.130. The number of benzene rings is 2. The Morgan fingerprint density at radius 3 is 2.33 bits per heavy atom. The molecule has 1 aromatic heterocycles. The van der Waals surface area contributed by atoms with Crippen LogP contribution in [0, 0.1) is 22.0 Å². The van der Waals surface area contributed by atoms with Crippen molar-refractivity contribution in [3.63, 3.8) is 0 Å². The molecule has 0 bridgehead atoms. The van der Waals surface area contributed by atoms with Crippen LogP contribution in [-0.4, -0.2) is 29.2 Å². The van der Waals surface area contributed by atoms with Crippen LogP contribution in [0.4, 0.5) is 10.5 Å². The number of alkyl carbamates (subject to hydrolysis) is 1. The van der Waals surface area contributed by atoms with Crippen LogP contribution in [0.3, 0.4) is 0 Å². The summed E-state index contributed by atoms with van der Waals surface area (Å²) in [6, 6.07) is 19.0. The molecule has 0 atom stereocenters. The van der Waals surface area contributed by atoms with Gasteiger partial charge in [0.15, 0.2) is 0 Å². The molecule has 1 aliphatic rings. The minimum atomic E-state index is -0.553. The van der Waals surface area contributed by atoms with Gasteiger partial charge in [-0.25, -0.2) is 9.78 Å². The molecule has 2 aromatic carbocycles. The first-order chi connectivity index (χ1) is 14.6. The molecule has 0 aliphatic heterocycles. The Kier molecular flexibility index (Phi) is 5.39. The van der Waals surface area contributed by atoms with E-state index < -0.39 is 11.0 Å². The smallest absolute Gasteiger partial charge is 0.407 e. The Labute approximate surface area is 172 Å². The van der Waals surface area contributed by atoms with Crippen molar-refractivity contribution in [1.82, 2.24) is 10.3 Å². The first kappa shape index (κ1) is 19.2. The minimum absolute atomic E-state index is 0.00135. The lowest BCUT2D eigenvalue weighted by molar-refractivity contribution is -0.385. The maximum Gasteiger partial charge on any atom is 0.407 e. The standard InChI is InChI=1S/C23H17N3O4/c27-23(24-13-5-6-16-11-12-17(14-25-16)26(28)29)30-15-22-20-9-3-1-7-18(20)19-8-2-4-10-21(19)22/h1-4,7-12,14,22H,13,15H2,(H,24,27). The number of hydrogen-bond acceptors (Lipinski definition) is 5. The average Bonchev–Trinajstić information content (AvgIpc) is 3.09. The van der Waals surface area contributed by atoms with E-state index in [1.807, 2.05) is 24.3 Å². The number of pyridine rings is 1. The number of amides is 1. The van der Waals surface area contributed by atoms with Crippen molar-refractivity contribution in [2.75, 3.05) is 13.2 Å². The topological polar surface area (TPSA) is 94.4 Å². The zero-order chi connectivity index (χ0) is 20.9. The third-order valence-corrected chi connectivity index (χ3v) is 4.84. The zero-order valence-electron chi connectivity index (χ0n) is 15.9. The first-order valence-corrected chi connectivity index (χ1v) is 9.31.